The third kappa shape index (κ3) is 6.86. The first kappa shape index (κ1) is 22.4. The number of amides is 4. The van der Waals surface area contributed by atoms with Crippen molar-refractivity contribution in [3.63, 3.8) is 0 Å². The molecular weight excluding hydrogens is 374 g/mol. The van der Waals surface area contributed by atoms with E-state index in [2.05, 4.69) is 10.6 Å². The highest BCUT2D eigenvalue weighted by Crippen LogP contribution is 2.12. The van der Waals surface area contributed by atoms with Gasteiger partial charge in [-0.15, -0.1) is 0 Å². The van der Waals surface area contributed by atoms with Crippen molar-refractivity contribution < 1.29 is 19.2 Å². The van der Waals surface area contributed by atoms with Gasteiger partial charge in [-0.1, -0.05) is 30.3 Å². The standard InChI is InChI=1S/C20H29N5O4/c1-13(21)19(28)24-15-9-5-6-10-25(20(15)29)12-17(26)23-16(18(22)27)11-14-7-3-2-4-8-14/h2-4,7-8,13,15-16H,5-6,9-12,21H2,1H3,(H2,22,27)(H,23,26)(H,24,28)/t13-,15-,16-/m0/s1. The molecule has 29 heavy (non-hydrogen) atoms. The maximum atomic E-state index is 12.7. The summed E-state index contributed by atoms with van der Waals surface area (Å²) in [6, 6.07) is 6.90. The lowest BCUT2D eigenvalue weighted by Gasteiger charge is -2.25. The molecule has 1 heterocycles. The smallest absolute Gasteiger partial charge is 0.245 e. The fourth-order valence-corrected chi connectivity index (χ4v) is 3.19. The highest BCUT2D eigenvalue weighted by molar-refractivity contribution is 5.93. The average Bonchev–Trinajstić information content (AvgIpc) is 2.84. The van der Waals surface area contributed by atoms with Crippen LogP contribution in [-0.4, -0.2) is 59.7 Å². The molecule has 9 heteroatoms. The number of carbonyl (C=O) groups excluding carboxylic acids is 4. The zero-order valence-corrected chi connectivity index (χ0v) is 16.6. The molecule has 1 fully saturated rings. The second-order valence-corrected chi connectivity index (χ2v) is 7.32. The minimum atomic E-state index is -0.874. The molecule has 0 aromatic heterocycles. The van der Waals surface area contributed by atoms with Gasteiger partial charge in [-0.25, -0.2) is 0 Å². The van der Waals surface area contributed by atoms with Crippen LogP contribution in [0.25, 0.3) is 0 Å². The molecule has 3 atom stereocenters. The SMILES string of the molecule is C[C@H](N)C(=O)N[C@H]1CCCCN(CC(=O)N[C@@H](Cc2ccccc2)C(N)=O)C1=O. The topological polar surface area (TPSA) is 148 Å². The molecule has 1 aliphatic rings. The van der Waals surface area contributed by atoms with Crippen LogP contribution in [0.15, 0.2) is 30.3 Å². The molecule has 9 nitrogen and oxygen atoms in total. The molecule has 0 spiro atoms. The van der Waals surface area contributed by atoms with Crippen molar-refractivity contribution in [1.82, 2.24) is 15.5 Å². The molecule has 0 saturated carbocycles. The zero-order chi connectivity index (χ0) is 21.4. The fraction of sp³-hybridized carbons (Fsp3) is 0.500. The molecule has 0 bridgehead atoms. The third-order valence-corrected chi connectivity index (χ3v) is 4.81. The van der Waals surface area contributed by atoms with Gasteiger partial charge < -0.3 is 27.0 Å². The van der Waals surface area contributed by atoms with Gasteiger partial charge in [0.2, 0.25) is 23.6 Å². The van der Waals surface area contributed by atoms with Crippen LogP contribution >= 0.6 is 0 Å². The predicted octanol–water partition coefficient (Wildman–Crippen LogP) is -0.956. The number of benzene rings is 1. The number of hydrogen-bond acceptors (Lipinski definition) is 5. The van der Waals surface area contributed by atoms with Crippen molar-refractivity contribution in [1.29, 1.82) is 0 Å². The summed E-state index contributed by atoms with van der Waals surface area (Å²) >= 11 is 0. The van der Waals surface area contributed by atoms with E-state index in [1.165, 1.54) is 4.90 Å². The third-order valence-electron chi connectivity index (χ3n) is 4.81. The molecule has 0 radical (unpaired) electrons. The second kappa shape index (κ2) is 10.6. The molecule has 0 aliphatic carbocycles. The van der Waals surface area contributed by atoms with Gasteiger partial charge in [0, 0.05) is 13.0 Å². The molecule has 1 aromatic carbocycles. The van der Waals surface area contributed by atoms with Crippen molar-refractivity contribution in [2.45, 2.75) is 50.7 Å². The number of primary amides is 1. The van der Waals surface area contributed by atoms with Gasteiger partial charge >= 0.3 is 0 Å². The van der Waals surface area contributed by atoms with Crippen molar-refractivity contribution in [2.75, 3.05) is 13.1 Å². The minimum absolute atomic E-state index is 0.206. The van der Waals surface area contributed by atoms with Gasteiger partial charge in [-0.3, -0.25) is 19.2 Å². The Morgan fingerprint density at radius 1 is 1.21 bits per heavy atom. The maximum Gasteiger partial charge on any atom is 0.245 e. The van der Waals surface area contributed by atoms with E-state index in [1.54, 1.807) is 6.92 Å². The fourth-order valence-electron chi connectivity index (χ4n) is 3.19. The summed E-state index contributed by atoms with van der Waals surface area (Å²) in [5, 5.41) is 5.25. The van der Waals surface area contributed by atoms with Crippen LogP contribution in [0.1, 0.15) is 31.7 Å². The Kier molecular flexibility index (Phi) is 8.14. The van der Waals surface area contributed by atoms with Crippen molar-refractivity contribution in [2.24, 2.45) is 11.5 Å². The normalized spacial score (nSPS) is 19.0. The molecule has 4 amide bonds. The van der Waals surface area contributed by atoms with E-state index in [9.17, 15) is 19.2 Å². The lowest BCUT2D eigenvalue weighted by atomic mass is 10.1. The summed E-state index contributed by atoms with van der Waals surface area (Å²) in [4.78, 5) is 50.2. The molecule has 2 rings (SSSR count). The Bertz CT molecular complexity index is 738. The van der Waals surface area contributed by atoms with Crippen LogP contribution in [0, 0.1) is 0 Å². The largest absolute Gasteiger partial charge is 0.368 e. The van der Waals surface area contributed by atoms with Gasteiger partial charge in [0.25, 0.3) is 0 Å². The first-order valence-corrected chi connectivity index (χ1v) is 9.75. The summed E-state index contributed by atoms with van der Waals surface area (Å²) < 4.78 is 0. The van der Waals surface area contributed by atoms with Gasteiger partial charge in [-0.05, 0) is 31.7 Å². The van der Waals surface area contributed by atoms with E-state index >= 15 is 0 Å². The van der Waals surface area contributed by atoms with E-state index in [4.69, 9.17) is 11.5 Å². The number of nitrogens with one attached hydrogen (secondary N) is 2. The Hall–Kier alpha value is -2.94. The molecule has 1 aliphatic heterocycles. The molecular formula is C20H29N5O4. The van der Waals surface area contributed by atoms with Crippen LogP contribution in [0.3, 0.4) is 0 Å². The van der Waals surface area contributed by atoms with E-state index < -0.39 is 35.8 Å². The number of nitrogens with zero attached hydrogens (tertiary/aromatic N) is 1. The van der Waals surface area contributed by atoms with E-state index in [0.29, 0.717) is 19.4 Å². The van der Waals surface area contributed by atoms with Gasteiger partial charge in [0.15, 0.2) is 0 Å². The van der Waals surface area contributed by atoms with Crippen LogP contribution in [0.2, 0.25) is 0 Å². The van der Waals surface area contributed by atoms with E-state index in [0.717, 1.165) is 12.0 Å². The van der Waals surface area contributed by atoms with Crippen LogP contribution < -0.4 is 22.1 Å². The summed E-state index contributed by atoms with van der Waals surface area (Å²) in [5.74, 6) is -1.86. The van der Waals surface area contributed by atoms with Crippen LogP contribution in [0.5, 0.6) is 0 Å². The molecule has 6 N–H and O–H groups in total. The van der Waals surface area contributed by atoms with Crippen LogP contribution in [0.4, 0.5) is 0 Å². The summed E-state index contributed by atoms with van der Waals surface area (Å²) in [5.41, 5.74) is 11.8. The van der Waals surface area contributed by atoms with Gasteiger partial charge in [0.05, 0.1) is 12.6 Å². The zero-order valence-electron chi connectivity index (χ0n) is 16.6. The minimum Gasteiger partial charge on any atom is -0.368 e. The number of hydrogen-bond donors (Lipinski definition) is 4. The lowest BCUT2D eigenvalue weighted by molar-refractivity contribution is -0.139. The number of carbonyl (C=O) groups is 4. The monoisotopic (exact) mass is 403 g/mol. The highest BCUT2D eigenvalue weighted by atomic mass is 16.2. The van der Waals surface area contributed by atoms with Crippen LogP contribution in [-0.2, 0) is 25.6 Å². The Morgan fingerprint density at radius 2 is 1.90 bits per heavy atom. The number of nitrogens with two attached hydrogens (primary N) is 2. The van der Waals surface area contributed by atoms with Crippen molar-refractivity contribution >= 4 is 23.6 Å². The highest BCUT2D eigenvalue weighted by Gasteiger charge is 2.30. The van der Waals surface area contributed by atoms with Gasteiger partial charge in [-0.2, -0.15) is 0 Å². The first-order valence-electron chi connectivity index (χ1n) is 9.75. The average molecular weight is 403 g/mol. The lowest BCUT2D eigenvalue weighted by Crippen LogP contribution is -2.54. The van der Waals surface area contributed by atoms with Gasteiger partial charge in [0.1, 0.15) is 12.1 Å². The number of likely N-dealkylation sites (tertiary alicyclic amines) is 1. The molecule has 0 unspecified atom stereocenters. The maximum absolute atomic E-state index is 12.7. The van der Waals surface area contributed by atoms with E-state index in [1.807, 2.05) is 30.3 Å². The quantitative estimate of drug-likeness (QED) is 0.441. The molecule has 1 aromatic rings. The Morgan fingerprint density at radius 3 is 2.52 bits per heavy atom. The summed E-state index contributed by atoms with van der Waals surface area (Å²) in [6.07, 6.45) is 2.22. The Balaban J connectivity index is 1.98. The molecule has 158 valence electrons. The first-order chi connectivity index (χ1) is 13.8. The van der Waals surface area contributed by atoms with E-state index in [-0.39, 0.29) is 18.9 Å². The summed E-state index contributed by atoms with van der Waals surface area (Å²) in [7, 11) is 0. The molecule has 1 saturated heterocycles. The van der Waals surface area contributed by atoms with Crippen molar-refractivity contribution in [3.8, 4) is 0 Å². The second-order valence-electron chi connectivity index (χ2n) is 7.32. The predicted molar refractivity (Wildman–Crippen MR) is 107 cm³/mol. The van der Waals surface area contributed by atoms with Crippen molar-refractivity contribution in [3.05, 3.63) is 35.9 Å². The Labute approximate surface area is 170 Å². The number of rotatable bonds is 8. The summed E-state index contributed by atoms with van der Waals surface area (Å²) in [6.45, 7) is 1.73.